The van der Waals surface area contributed by atoms with E-state index in [-0.39, 0.29) is 17.7 Å². The normalized spacial score (nSPS) is 17.1. The van der Waals surface area contributed by atoms with Crippen molar-refractivity contribution < 1.29 is 19.1 Å². The van der Waals surface area contributed by atoms with Gasteiger partial charge in [-0.05, 0) is 37.1 Å². The maximum atomic E-state index is 13.1. The van der Waals surface area contributed by atoms with Crippen molar-refractivity contribution in [3.63, 3.8) is 0 Å². The molecule has 1 aromatic carbocycles. The van der Waals surface area contributed by atoms with Gasteiger partial charge in [-0.2, -0.15) is 0 Å². The fraction of sp³-hybridized carbons (Fsp3) is 0.458. The van der Waals surface area contributed by atoms with E-state index >= 15 is 0 Å². The van der Waals surface area contributed by atoms with Crippen molar-refractivity contribution in [3.8, 4) is 11.5 Å². The number of methoxy groups -OCH3 is 2. The van der Waals surface area contributed by atoms with Gasteiger partial charge in [-0.1, -0.05) is 11.6 Å². The number of piperazine rings is 1. The Morgan fingerprint density at radius 1 is 0.909 bits per heavy atom. The van der Waals surface area contributed by atoms with Crippen LogP contribution in [0.1, 0.15) is 23.2 Å². The third kappa shape index (κ3) is 5.33. The lowest BCUT2D eigenvalue weighted by molar-refractivity contribution is -0.137. The monoisotopic (exact) mass is 472 g/mol. The van der Waals surface area contributed by atoms with Crippen LogP contribution >= 0.6 is 11.6 Å². The highest BCUT2D eigenvalue weighted by atomic mass is 35.5. The summed E-state index contributed by atoms with van der Waals surface area (Å²) in [6.45, 7) is 3.95. The van der Waals surface area contributed by atoms with Crippen molar-refractivity contribution >= 4 is 29.2 Å². The molecule has 0 N–H and O–H groups in total. The number of hydrogen-bond donors (Lipinski definition) is 0. The first-order valence-corrected chi connectivity index (χ1v) is 11.5. The summed E-state index contributed by atoms with van der Waals surface area (Å²) in [7, 11) is 3.12. The smallest absolute Gasteiger partial charge is 0.254 e. The number of amides is 2. The van der Waals surface area contributed by atoms with Crippen molar-refractivity contribution in [1.82, 2.24) is 14.8 Å². The van der Waals surface area contributed by atoms with Crippen LogP contribution in [0.5, 0.6) is 11.5 Å². The Bertz CT molecular complexity index is 962. The second-order valence-electron chi connectivity index (χ2n) is 8.31. The number of carbonyl (C=O) groups excluding carboxylic acids is 2. The molecule has 176 valence electrons. The number of anilines is 1. The minimum Gasteiger partial charge on any atom is -0.497 e. The van der Waals surface area contributed by atoms with Gasteiger partial charge < -0.3 is 24.2 Å². The van der Waals surface area contributed by atoms with Gasteiger partial charge in [0.15, 0.2) is 0 Å². The SMILES string of the molecule is COc1cc(OC)cc(C(=O)N2CCC(C(=O)N3CCN(c4ccc(Cl)cn4)CC3)CC2)c1. The Kier molecular flexibility index (Phi) is 7.23. The number of halogens is 1. The van der Waals surface area contributed by atoms with Gasteiger partial charge in [0.2, 0.25) is 5.91 Å². The number of ether oxygens (including phenoxy) is 2. The molecule has 2 amide bonds. The van der Waals surface area contributed by atoms with Crippen molar-refractivity contribution in [1.29, 1.82) is 0 Å². The molecule has 2 aromatic rings. The van der Waals surface area contributed by atoms with E-state index in [4.69, 9.17) is 21.1 Å². The number of hydrogen-bond acceptors (Lipinski definition) is 6. The van der Waals surface area contributed by atoms with E-state index in [2.05, 4.69) is 9.88 Å². The molecule has 2 fully saturated rings. The summed E-state index contributed by atoms with van der Waals surface area (Å²) in [6.07, 6.45) is 2.99. The number of carbonyl (C=O) groups is 2. The molecule has 33 heavy (non-hydrogen) atoms. The van der Waals surface area contributed by atoms with Crippen LogP contribution in [0.25, 0.3) is 0 Å². The molecular formula is C24H29ClN4O4. The topological polar surface area (TPSA) is 75.2 Å². The van der Waals surface area contributed by atoms with Gasteiger partial charge in [0.1, 0.15) is 17.3 Å². The maximum Gasteiger partial charge on any atom is 0.254 e. The zero-order chi connectivity index (χ0) is 23.4. The predicted molar refractivity (Wildman–Crippen MR) is 126 cm³/mol. The van der Waals surface area contributed by atoms with Crippen molar-refractivity contribution in [2.24, 2.45) is 5.92 Å². The first kappa shape index (κ1) is 23.2. The molecule has 0 aliphatic carbocycles. The molecule has 0 atom stereocenters. The Balaban J connectivity index is 1.29. The van der Waals surface area contributed by atoms with E-state index in [9.17, 15) is 9.59 Å². The van der Waals surface area contributed by atoms with Gasteiger partial charge in [0.25, 0.3) is 5.91 Å². The number of pyridine rings is 1. The van der Waals surface area contributed by atoms with Crippen LogP contribution < -0.4 is 14.4 Å². The molecule has 0 radical (unpaired) electrons. The Labute approximate surface area is 199 Å². The lowest BCUT2D eigenvalue weighted by Gasteiger charge is -2.39. The van der Waals surface area contributed by atoms with Crippen LogP contribution in [0.4, 0.5) is 5.82 Å². The molecule has 0 bridgehead atoms. The van der Waals surface area contributed by atoms with Gasteiger partial charge in [-0.25, -0.2) is 4.98 Å². The van der Waals surface area contributed by atoms with Gasteiger partial charge in [-0.3, -0.25) is 9.59 Å². The highest BCUT2D eigenvalue weighted by Crippen LogP contribution is 2.26. The first-order valence-electron chi connectivity index (χ1n) is 11.2. The molecule has 0 saturated carbocycles. The quantitative estimate of drug-likeness (QED) is 0.666. The molecule has 4 rings (SSSR count). The van der Waals surface area contributed by atoms with E-state index in [1.54, 1.807) is 38.6 Å². The maximum absolute atomic E-state index is 13.1. The average molecular weight is 473 g/mol. The van der Waals surface area contributed by atoms with Crippen LogP contribution in [-0.4, -0.2) is 80.1 Å². The minimum atomic E-state index is -0.0674. The Morgan fingerprint density at radius 3 is 2.09 bits per heavy atom. The van der Waals surface area contributed by atoms with E-state index in [0.717, 1.165) is 18.9 Å². The molecule has 8 nitrogen and oxygen atoms in total. The van der Waals surface area contributed by atoms with Crippen LogP contribution in [-0.2, 0) is 4.79 Å². The average Bonchev–Trinajstić information content (AvgIpc) is 2.88. The predicted octanol–water partition coefficient (Wildman–Crippen LogP) is 2.95. The molecule has 0 spiro atoms. The van der Waals surface area contributed by atoms with Crippen molar-refractivity contribution in [2.45, 2.75) is 12.8 Å². The Hall–Kier alpha value is -3.00. The lowest BCUT2D eigenvalue weighted by Crippen LogP contribution is -2.52. The van der Waals surface area contributed by atoms with Crippen LogP contribution in [0.3, 0.4) is 0 Å². The number of piperidine rings is 1. The molecular weight excluding hydrogens is 444 g/mol. The fourth-order valence-electron chi connectivity index (χ4n) is 4.41. The van der Waals surface area contributed by atoms with Crippen molar-refractivity contribution in [2.75, 3.05) is 58.4 Å². The molecule has 3 heterocycles. The zero-order valence-corrected chi connectivity index (χ0v) is 19.8. The molecule has 2 aliphatic heterocycles. The van der Waals surface area contributed by atoms with Gasteiger partial charge in [0, 0.05) is 63.0 Å². The number of aromatic nitrogens is 1. The van der Waals surface area contributed by atoms with E-state index in [1.807, 2.05) is 21.9 Å². The van der Waals surface area contributed by atoms with E-state index in [1.165, 1.54) is 0 Å². The summed E-state index contributed by atoms with van der Waals surface area (Å²) >= 11 is 5.92. The fourth-order valence-corrected chi connectivity index (χ4v) is 4.52. The number of likely N-dealkylation sites (tertiary alicyclic amines) is 1. The van der Waals surface area contributed by atoms with Crippen molar-refractivity contribution in [3.05, 3.63) is 47.1 Å². The summed E-state index contributed by atoms with van der Waals surface area (Å²) in [5, 5.41) is 0.614. The zero-order valence-electron chi connectivity index (χ0n) is 19.0. The second kappa shape index (κ2) is 10.3. The Morgan fingerprint density at radius 2 is 1.55 bits per heavy atom. The summed E-state index contributed by atoms with van der Waals surface area (Å²) < 4.78 is 10.6. The van der Waals surface area contributed by atoms with Gasteiger partial charge in [0.05, 0.1) is 19.2 Å². The summed E-state index contributed by atoms with van der Waals surface area (Å²) in [5.41, 5.74) is 0.530. The largest absolute Gasteiger partial charge is 0.497 e. The molecule has 1 aromatic heterocycles. The second-order valence-corrected chi connectivity index (χ2v) is 8.75. The summed E-state index contributed by atoms with van der Waals surface area (Å²) in [6, 6.07) is 8.92. The molecule has 2 aliphatic rings. The standard InChI is InChI=1S/C24H29ClN4O4/c1-32-20-13-18(14-21(15-20)33-2)24(31)28-7-5-17(6-8-28)23(30)29-11-9-27(10-12-29)22-4-3-19(25)16-26-22/h3-4,13-17H,5-12H2,1-2H3. The van der Waals surface area contributed by atoms with Gasteiger partial charge >= 0.3 is 0 Å². The minimum absolute atomic E-state index is 0.0471. The number of benzene rings is 1. The molecule has 2 saturated heterocycles. The summed E-state index contributed by atoms with van der Waals surface area (Å²) in [4.78, 5) is 36.4. The lowest BCUT2D eigenvalue weighted by atomic mass is 9.94. The number of nitrogens with zero attached hydrogens (tertiary/aromatic N) is 4. The third-order valence-corrected chi connectivity index (χ3v) is 6.58. The van der Waals surface area contributed by atoms with Crippen LogP contribution in [0, 0.1) is 5.92 Å². The van der Waals surface area contributed by atoms with Crippen LogP contribution in [0.2, 0.25) is 5.02 Å². The highest BCUT2D eigenvalue weighted by Gasteiger charge is 2.32. The molecule has 0 unspecified atom stereocenters. The van der Waals surface area contributed by atoms with Crippen LogP contribution in [0.15, 0.2) is 36.5 Å². The third-order valence-electron chi connectivity index (χ3n) is 6.36. The van der Waals surface area contributed by atoms with E-state index < -0.39 is 0 Å². The number of rotatable bonds is 5. The highest BCUT2D eigenvalue weighted by molar-refractivity contribution is 6.30. The first-order chi connectivity index (χ1) is 16.0. The molecule has 9 heteroatoms. The van der Waals surface area contributed by atoms with Gasteiger partial charge in [-0.15, -0.1) is 0 Å². The summed E-state index contributed by atoms with van der Waals surface area (Å²) in [5.74, 6) is 2.11. The van der Waals surface area contributed by atoms with E-state index in [0.29, 0.717) is 61.1 Å².